The largest absolute Gasteiger partial charge is 0.490 e. The van der Waals surface area contributed by atoms with Gasteiger partial charge in [0.2, 0.25) is 0 Å². The minimum absolute atomic E-state index is 0.0627. The number of aromatic nitrogens is 5. The van der Waals surface area contributed by atoms with Crippen molar-refractivity contribution in [1.82, 2.24) is 25.0 Å². The van der Waals surface area contributed by atoms with Crippen LogP contribution in [0, 0.1) is 0 Å². The van der Waals surface area contributed by atoms with Crippen molar-refractivity contribution in [2.45, 2.75) is 50.9 Å². The normalized spacial score (nSPS) is 19.4. The summed E-state index contributed by atoms with van der Waals surface area (Å²) in [4.78, 5) is 28.4. The summed E-state index contributed by atoms with van der Waals surface area (Å²) in [5.41, 5.74) is 3.30. The van der Waals surface area contributed by atoms with Crippen LogP contribution in [0.1, 0.15) is 48.4 Å². The lowest BCUT2D eigenvalue weighted by Crippen LogP contribution is -2.35. The molecule has 1 fully saturated rings. The molecule has 3 aromatic rings. The van der Waals surface area contributed by atoms with E-state index in [0.717, 1.165) is 54.2 Å². The van der Waals surface area contributed by atoms with Gasteiger partial charge >= 0.3 is 12.1 Å². The lowest BCUT2D eigenvalue weighted by Gasteiger charge is -2.34. The maximum absolute atomic E-state index is 13.1. The number of rotatable bonds is 5. The molecule has 2 aliphatic rings. The molecule has 0 unspecified atom stereocenters. The van der Waals surface area contributed by atoms with Crippen LogP contribution in [-0.2, 0) is 16.0 Å². The zero-order valence-electron chi connectivity index (χ0n) is 18.7. The number of aliphatic carboxylic acids is 1. The van der Waals surface area contributed by atoms with Gasteiger partial charge in [0.05, 0.1) is 29.7 Å². The summed E-state index contributed by atoms with van der Waals surface area (Å²) in [5, 5.41) is 21.2. The molecule has 5 rings (SSSR count). The third-order valence-corrected chi connectivity index (χ3v) is 6.57. The number of carbonyl (C=O) groups is 2. The van der Waals surface area contributed by atoms with Crippen molar-refractivity contribution in [2.75, 3.05) is 18.1 Å². The lowest BCUT2D eigenvalue weighted by atomic mass is 9.89. The molecule has 1 saturated carbocycles. The van der Waals surface area contributed by atoms with Crippen molar-refractivity contribution in [2.24, 2.45) is 0 Å². The molecule has 0 atom stereocenters. The number of halogens is 3. The smallest absolute Gasteiger partial charge is 0.475 e. The molecule has 4 heterocycles. The number of thiazole rings is 1. The van der Waals surface area contributed by atoms with E-state index in [1.54, 1.807) is 12.4 Å². The Morgan fingerprint density at radius 1 is 1.34 bits per heavy atom. The van der Waals surface area contributed by atoms with Gasteiger partial charge in [-0.25, -0.2) is 9.78 Å². The van der Waals surface area contributed by atoms with Crippen molar-refractivity contribution in [1.29, 1.82) is 0 Å². The molecular formula is C21H23F3N6O4S. The van der Waals surface area contributed by atoms with Gasteiger partial charge in [0.1, 0.15) is 10.7 Å². The van der Waals surface area contributed by atoms with E-state index in [9.17, 15) is 18.0 Å². The van der Waals surface area contributed by atoms with Crippen molar-refractivity contribution < 1.29 is 32.6 Å². The molecule has 35 heavy (non-hydrogen) atoms. The highest BCUT2D eigenvalue weighted by molar-refractivity contribution is 7.13. The molecule has 0 spiro atoms. The maximum Gasteiger partial charge on any atom is 0.490 e. The fourth-order valence-corrected chi connectivity index (χ4v) is 4.66. The number of hydrogen-bond donors (Lipinski definition) is 2. The number of amides is 1. The second-order valence-corrected chi connectivity index (χ2v) is 8.89. The molecule has 1 amide bonds. The number of hydrogen-bond acceptors (Lipinski definition) is 7. The Balaban J connectivity index is 0.000000364. The molecule has 0 radical (unpaired) electrons. The minimum Gasteiger partial charge on any atom is -0.475 e. The fourth-order valence-electron chi connectivity index (χ4n) is 3.88. The zero-order valence-corrected chi connectivity index (χ0v) is 19.5. The molecule has 14 heteroatoms. The van der Waals surface area contributed by atoms with Gasteiger partial charge < -0.3 is 14.7 Å². The van der Waals surface area contributed by atoms with Crippen molar-refractivity contribution in [3.05, 3.63) is 35.4 Å². The number of carboxylic acid groups (broad SMARTS) is 1. The van der Waals surface area contributed by atoms with Crippen LogP contribution in [0.15, 0.2) is 24.0 Å². The number of carbonyl (C=O) groups excluding carboxylic acids is 1. The summed E-state index contributed by atoms with van der Waals surface area (Å²) < 4.78 is 39.4. The number of H-pyrrole nitrogens is 1. The van der Waals surface area contributed by atoms with E-state index < -0.39 is 12.1 Å². The Morgan fingerprint density at radius 3 is 2.71 bits per heavy atom. The fraction of sp³-hybridized carbons (Fsp3) is 0.476. The van der Waals surface area contributed by atoms with E-state index in [4.69, 9.17) is 19.7 Å². The van der Waals surface area contributed by atoms with E-state index in [-0.39, 0.29) is 5.91 Å². The van der Waals surface area contributed by atoms with E-state index in [2.05, 4.69) is 15.2 Å². The summed E-state index contributed by atoms with van der Waals surface area (Å²) in [6.45, 7) is 3.48. The van der Waals surface area contributed by atoms with Gasteiger partial charge in [0.25, 0.3) is 5.91 Å². The minimum atomic E-state index is -5.08. The van der Waals surface area contributed by atoms with Crippen LogP contribution in [0.25, 0.3) is 10.6 Å². The van der Waals surface area contributed by atoms with Crippen LogP contribution in [-0.4, -0.2) is 67.4 Å². The van der Waals surface area contributed by atoms with E-state index >= 15 is 0 Å². The highest BCUT2D eigenvalue weighted by Gasteiger charge is 2.38. The average molecular weight is 513 g/mol. The number of aromatic amines is 1. The summed E-state index contributed by atoms with van der Waals surface area (Å²) in [5.74, 6) is -2.82. The first kappa shape index (κ1) is 24.9. The highest BCUT2D eigenvalue weighted by atomic mass is 32.1. The van der Waals surface area contributed by atoms with E-state index in [1.807, 2.05) is 28.1 Å². The van der Waals surface area contributed by atoms with Gasteiger partial charge in [-0.05, 0) is 32.6 Å². The standard InChI is InChI=1S/C19H22N6O2S.C2HF3O2/c1-2-27-14-6-13(7-14)25-10-17-15(23-25)4-3-5-24(17)19(26)16-11-28-18(22-16)12-8-20-21-9-12;3-2(4,5)1(6)7/h8-11,13-14H,2-7H2,1H3,(H,20,21);(H,6,7)/t13-,14-;. The summed E-state index contributed by atoms with van der Waals surface area (Å²) in [7, 11) is 0. The molecule has 1 aliphatic heterocycles. The second kappa shape index (κ2) is 10.2. The second-order valence-electron chi connectivity index (χ2n) is 8.03. The average Bonchev–Trinajstić information content (AvgIpc) is 3.54. The van der Waals surface area contributed by atoms with Crippen LogP contribution in [0.3, 0.4) is 0 Å². The SMILES string of the molecule is CCO[C@H]1C[C@H](n2cc3c(n2)CCCN3C(=O)c2csc(-c3cn[nH]c3)n2)C1.O=C(O)C(F)(F)F. The first-order valence-corrected chi connectivity index (χ1v) is 11.8. The van der Waals surface area contributed by atoms with Crippen molar-refractivity contribution >= 4 is 28.9 Å². The first-order chi connectivity index (χ1) is 16.7. The highest BCUT2D eigenvalue weighted by Crippen LogP contribution is 2.37. The van der Waals surface area contributed by atoms with Gasteiger partial charge in [-0.2, -0.15) is 23.4 Å². The Hall–Kier alpha value is -3.26. The first-order valence-electron chi connectivity index (χ1n) is 10.9. The Bertz CT molecular complexity index is 1170. The zero-order chi connectivity index (χ0) is 25.2. The van der Waals surface area contributed by atoms with Crippen molar-refractivity contribution in [3.8, 4) is 10.6 Å². The van der Waals surface area contributed by atoms with Gasteiger partial charge in [-0.1, -0.05) is 0 Å². The van der Waals surface area contributed by atoms with Crippen LogP contribution >= 0.6 is 11.3 Å². The molecule has 2 N–H and O–H groups in total. The lowest BCUT2D eigenvalue weighted by molar-refractivity contribution is -0.192. The van der Waals surface area contributed by atoms with Crippen LogP contribution in [0.5, 0.6) is 0 Å². The summed E-state index contributed by atoms with van der Waals surface area (Å²) in [6, 6.07) is 0.367. The predicted molar refractivity (Wildman–Crippen MR) is 119 cm³/mol. The topological polar surface area (TPSA) is 126 Å². The number of nitrogens with one attached hydrogen (secondary N) is 1. The number of fused-ring (bicyclic) bond motifs is 1. The predicted octanol–water partition coefficient (Wildman–Crippen LogP) is 3.70. The van der Waals surface area contributed by atoms with Gasteiger partial charge in [-0.3, -0.25) is 14.6 Å². The molecule has 0 saturated heterocycles. The molecular weight excluding hydrogens is 489 g/mol. The maximum atomic E-state index is 13.1. The molecule has 1 aliphatic carbocycles. The number of ether oxygens (including phenoxy) is 1. The monoisotopic (exact) mass is 512 g/mol. The molecule has 188 valence electrons. The number of anilines is 1. The molecule has 10 nitrogen and oxygen atoms in total. The molecule has 3 aromatic heterocycles. The number of nitrogens with zero attached hydrogens (tertiary/aromatic N) is 5. The van der Waals surface area contributed by atoms with Crippen LogP contribution < -0.4 is 4.90 Å². The number of carboxylic acids is 1. The Morgan fingerprint density at radius 2 is 2.09 bits per heavy atom. The molecule has 0 aromatic carbocycles. The van der Waals surface area contributed by atoms with E-state index in [1.165, 1.54) is 11.3 Å². The third kappa shape index (κ3) is 5.53. The van der Waals surface area contributed by atoms with Gasteiger partial charge in [0, 0.05) is 36.5 Å². The number of aryl methyl sites for hydroxylation is 1. The van der Waals surface area contributed by atoms with Gasteiger partial charge in [0.15, 0.2) is 0 Å². The third-order valence-electron chi connectivity index (χ3n) is 5.68. The number of alkyl halides is 3. The quantitative estimate of drug-likeness (QED) is 0.534. The molecule has 0 bridgehead atoms. The Kier molecular flexibility index (Phi) is 7.21. The Labute approximate surface area is 201 Å². The van der Waals surface area contributed by atoms with Crippen molar-refractivity contribution in [3.63, 3.8) is 0 Å². The summed E-state index contributed by atoms with van der Waals surface area (Å²) >= 11 is 1.46. The summed E-state index contributed by atoms with van der Waals surface area (Å²) in [6.07, 6.45) is 4.58. The van der Waals surface area contributed by atoms with Crippen LogP contribution in [0.4, 0.5) is 18.9 Å². The van der Waals surface area contributed by atoms with Gasteiger partial charge in [-0.15, -0.1) is 11.3 Å². The van der Waals surface area contributed by atoms with E-state index in [0.29, 0.717) is 24.4 Å². The van der Waals surface area contributed by atoms with Crippen LogP contribution in [0.2, 0.25) is 0 Å².